The van der Waals surface area contributed by atoms with Crippen LogP contribution < -0.4 is 5.32 Å². The third-order valence-corrected chi connectivity index (χ3v) is 7.51. The number of nitrogens with zero attached hydrogens (tertiary/aromatic N) is 2. The number of hydrogen-bond donors (Lipinski definition) is 1. The molecule has 29 heavy (non-hydrogen) atoms. The Kier molecular flexibility index (Phi) is 5.39. The summed E-state index contributed by atoms with van der Waals surface area (Å²) in [6.07, 6.45) is 1.98. The van der Waals surface area contributed by atoms with Gasteiger partial charge >= 0.3 is 0 Å². The number of hydrogen-bond acceptors (Lipinski definition) is 5. The number of amides is 2. The first kappa shape index (κ1) is 20.3. The Morgan fingerprint density at radius 3 is 2.28 bits per heavy atom. The van der Waals surface area contributed by atoms with Crippen molar-refractivity contribution in [1.29, 1.82) is 0 Å². The van der Waals surface area contributed by atoms with Gasteiger partial charge in [-0.2, -0.15) is 4.31 Å². The fourth-order valence-corrected chi connectivity index (χ4v) is 5.67. The van der Waals surface area contributed by atoms with Gasteiger partial charge in [-0.05, 0) is 51.0 Å². The fourth-order valence-electron chi connectivity index (χ4n) is 4.08. The number of benzene rings is 1. The Balaban J connectivity index is 1.40. The van der Waals surface area contributed by atoms with Crippen LogP contribution in [0, 0.1) is 5.92 Å². The van der Waals surface area contributed by atoms with Crippen LogP contribution in [0.1, 0.15) is 33.1 Å². The van der Waals surface area contributed by atoms with Crippen LogP contribution in [0.25, 0.3) is 0 Å². The van der Waals surface area contributed by atoms with Crippen molar-refractivity contribution in [2.75, 3.05) is 25.0 Å². The zero-order valence-corrected chi connectivity index (χ0v) is 17.5. The molecule has 0 spiro atoms. The number of morpholine rings is 1. The summed E-state index contributed by atoms with van der Waals surface area (Å²) in [7, 11) is -3.62. The Morgan fingerprint density at radius 1 is 1.07 bits per heavy atom. The molecule has 0 radical (unpaired) electrons. The molecule has 3 fully saturated rings. The normalized spacial score (nSPS) is 28.6. The van der Waals surface area contributed by atoms with E-state index in [1.165, 1.54) is 16.4 Å². The lowest BCUT2D eigenvalue weighted by Crippen LogP contribution is -2.48. The van der Waals surface area contributed by atoms with Crippen molar-refractivity contribution in [3.63, 3.8) is 0 Å². The molecule has 0 aromatic heterocycles. The lowest BCUT2D eigenvalue weighted by molar-refractivity contribution is -0.128. The average molecular weight is 422 g/mol. The topological polar surface area (TPSA) is 96.0 Å². The van der Waals surface area contributed by atoms with Gasteiger partial charge < -0.3 is 15.0 Å². The Hall–Kier alpha value is -1.97. The number of sulfonamides is 1. The van der Waals surface area contributed by atoms with Gasteiger partial charge in [-0.25, -0.2) is 8.42 Å². The van der Waals surface area contributed by atoms with Gasteiger partial charge in [-0.1, -0.05) is 0 Å². The molecule has 3 unspecified atom stereocenters. The molecule has 1 saturated carbocycles. The highest BCUT2D eigenvalue weighted by Gasteiger charge is 2.41. The van der Waals surface area contributed by atoms with E-state index in [9.17, 15) is 18.0 Å². The lowest BCUT2D eigenvalue weighted by atomic mass is 10.1. The van der Waals surface area contributed by atoms with E-state index in [2.05, 4.69) is 5.32 Å². The van der Waals surface area contributed by atoms with E-state index in [4.69, 9.17) is 4.74 Å². The summed E-state index contributed by atoms with van der Waals surface area (Å²) in [5.41, 5.74) is 0.523. The van der Waals surface area contributed by atoms with E-state index in [-0.39, 0.29) is 41.3 Å². The minimum Gasteiger partial charge on any atom is -0.373 e. The SMILES string of the molecule is CC1CN(S(=O)(=O)c2ccc(NC(=O)C3CC(=O)N(C4CC4)C3)cc2)CC(C)O1. The van der Waals surface area contributed by atoms with Gasteiger partial charge in [0.25, 0.3) is 0 Å². The quantitative estimate of drug-likeness (QED) is 0.776. The summed E-state index contributed by atoms with van der Waals surface area (Å²) in [6.45, 7) is 4.82. The van der Waals surface area contributed by atoms with Gasteiger partial charge in [0.05, 0.1) is 23.0 Å². The molecule has 1 aromatic carbocycles. The molecule has 1 aliphatic carbocycles. The molecule has 2 heterocycles. The maximum Gasteiger partial charge on any atom is 0.243 e. The maximum atomic E-state index is 12.9. The second kappa shape index (κ2) is 7.70. The summed E-state index contributed by atoms with van der Waals surface area (Å²) in [6, 6.07) is 6.51. The number of ether oxygens (including phenoxy) is 1. The molecule has 2 aliphatic heterocycles. The van der Waals surface area contributed by atoms with Crippen molar-refractivity contribution in [2.24, 2.45) is 5.92 Å². The molecule has 4 rings (SSSR count). The zero-order valence-electron chi connectivity index (χ0n) is 16.7. The number of anilines is 1. The van der Waals surface area contributed by atoms with Crippen LogP contribution in [0.5, 0.6) is 0 Å². The molecule has 3 aliphatic rings. The van der Waals surface area contributed by atoms with E-state index in [1.807, 2.05) is 18.7 Å². The largest absolute Gasteiger partial charge is 0.373 e. The van der Waals surface area contributed by atoms with Crippen molar-refractivity contribution >= 4 is 27.5 Å². The van der Waals surface area contributed by atoms with Crippen LogP contribution >= 0.6 is 0 Å². The number of carbonyl (C=O) groups is 2. The molecular weight excluding hydrogens is 394 g/mol. The second-order valence-corrected chi connectivity index (χ2v) is 10.2. The highest BCUT2D eigenvalue weighted by Crippen LogP contribution is 2.33. The molecule has 0 bridgehead atoms. The summed E-state index contributed by atoms with van der Waals surface area (Å²) in [5.74, 6) is -0.515. The van der Waals surface area contributed by atoms with Crippen molar-refractivity contribution in [3.05, 3.63) is 24.3 Å². The maximum absolute atomic E-state index is 12.9. The van der Waals surface area contributed by atoms with Gasteiger partial charge in [0.2, 0.25) is 21.8 Å². The molecule has 3 atom stereocenters. The number of likely N-dealkylation sites (tertiary alicyclic amines) is 1. The summed E-state index contributed by atoms with van der Waals surface area (Å²) in [5, 5.41) is 2.81. The highest BCUT2D eigenvalue weighted by atomic mass is 32.2. The van der Waals surface area contributed by atoms with Gasteiger partial charge in [-0.15, -0.1) is 0 Å². The Labute approximate surface area is 171 Å². The monoisotopic (exact) mass is 421 g/mol. The smallest absolute Gasteiger partial charge is 0.243 e. The van der Waals surface area contributed by atoms with Crippen LogP contribution in [0.4, 0.5) is 5.69 Å². The average Bonchev–Trinajstić information content (AvgIpc) is 3.43. The molecule has 158 valence electrons. The van der Waals surface area contributed by atoms with Crippen molar-refractivity contribution in [1.82, 2.24) is 9.21 Å². The van der Waals surface area contributed by atoms with E-state index < -0.39 is 10.0 Å². The van der Waals surface area contributed by atoms with Crippen LogP contribution in [-0.2, 0) is 24.3 Å². The minimum atomic E-state index is -3.62. The van der Waals surface area contributed by atoms with Crippen molar-refractivity contribution in [3.8, 4) is 0 Å². The van der Waals surface area contributed by atoms with Crippen LogP contribution in [0.15, 0.2) is 29.2 Å². The molecule has 1 N–H and O–H groups in total. The van der Waals surface area contributed by atoms with E-state index >= 15 is 0 Å². The van der Waals surface area contributed by atoms with Crippen LogP contribution in [-0.4, -0.2) is 67.3 Å². The van der Waals surface area contributed by atoms with E-state index in [1.54, 1.807) is 12.1 Å². The molecule has 8 nitrogen and oxygen atoms in total. The van der Waals surface area contributed by atoms with Gasteiger partial charge in [0.15, 0.2) is 0 Å². The Bertz CT molecular complexity index is 887. The minimum absolute atomic E-state index is 0.0445. The first-order valence-electron chi connectivity index (χ1n) is 10.1. The Morgan fingerprint density at radius 2 is 1.69 bits per heavy atom. The lowest BCUT2D eigenvalue weighted by Gasteiger charge is -2.34. The van der Waals surface area contributed by atoms with Gasteiger partial charge in [-0.3, -0.25) is 9.59 Å². The van der Waals surface area contributed by atoms with E-state index in [0.29, 0.717) is 31.4 Å². The molecule has 1 aromatic rings. The molecule has 2 amide bonds. The summed E-state index contributed by atoms with van der Waals surface area (Å²) >= 11 is 0. The van der Waals surface area contributed by atoms with Gasteiger partial charge in [0, 0.05) is 37.8 Å². The zero-order chi connectivity index (χ0) is 20.8. The van der Waals surface area contributed by atoms with Gasteiger partial charge in [0.1, 0.15) is 0 Å². The molecular formula is C20H27N3O5S. The predicted octanol–water partition coefficient (Wildman–Crippen LogP) is 1.43. The fraction of sp³-hybridized carbons (Fsp3) is 0.600. The third kappa shape index (κ3) is 4.31. The standard InChI is InChI=1S/C20H27N3O5S/c1-13-10-22(11-14(2)28-13)29(26,27)18-7-3-16(4-8-18)21-20(25)15-9-19(24)23(12-15)17-5-6-17/h3-4,7-8,13-15,17H,5-6,9-12H2,1-2H3,(H,21,25). The molecule has 2 saturated heterocycles. The number of rotatable bonds is 5. The van der Waals surface area contributed by atoms with Crippen LogP contribution in [0.2, 0.25) is 0 Å². The molecule has 9 heteroatoms. The summed E-state index contributed by atoms with van der Waals surface area (Å²) in [4.78, 5) is 26.6. The predicted molar refractivity (Wildman–Crippen MR) is 107 cm³/mol. The van der Waals surface area contributed by atoms with Crippen LogP contribution in [0.3, 0.4) is 0 Å². The van der Waals surface area contributed by atoms with E-state index in [0.717, 1.165) is 12.8 Å². The second-order valence-electron chi connectivity index (χ2n) is 8.27. The number of nitrogens with one attached hydrogen (secondary N) is 1. The summed E-state index contributed by atoms with van der Waals surface area (Å²) < 4.78 is 32.9. The highest BCUT2D eigenvalue weighted by molar-refractivity contribution is 7.89. The first-order valence-corrected chi connectivity index (χ1v) is 11.5. The third-order valence-electron chi connectivity index (χ3n) is 5.66. The van der Waals surface area contributed by atoms with Crippen molar-refractivity contribution < 1.29 is 22.7 Å². The van der Waals surface area contributed by atoms with Crippen molar-refractivity contribution in [2.45, 2.75) is 56.3 Å². The first-order chi connectivity index (χ1) is 13.7. The number of carbonyl (C=O) groups excluding carboxylic acids is 2.